The summed E-state index contributed by atoms with van der Waals surface area (Å²) in [6.45, 7) is 7.39. The number of benzene rings is 3. The Morgan fingerprint density at radius 3 is 2.43 bits per heavy atom. The number of nitrogens with zero attached hydrogens (tertiary/aromatic N) is 3. The molecule has 1 fully saturated rings. The molecule has 3 aromatic rings. The lowest BCUT2D eigenvalue weighted by Gasteiger charge is -2.25. The van der Waals surface area contributed by atoms with Crippen LogP contribution in [0.25, 0.3) is 0 Å². The predicted octanol–water partition coefficient (Wildman–Crippen LogP) is 5.33. The summed E-state index contributed by atoms with van der Waals surface area (Å²) in [5.74, 6) is 1.68. The van der Waals surface area contributed by atoms with Crippen LogP contribution in [0.2, 0.25) is 0 Å². The second-order valence-corrected chi connectivity index (χ2v) is 11.1. The van der Waals surface area contributed by atoms with Gasteiger partial charge in [-0.15, -0.1) is 0 Å². The van der Waals surface area contributed by atoms with Gasteiger partial charge in [0.2, 0.25) is 10.0 Å². The lowest BCUT2D eigenvalue weighted by molar-refractivity contribution is 0.407. The summed E-state index contributed by atoms with van der Waals surface area (Å²) in [6, 6.07) is 16.0. The lowest BCUT2D eigenvalue weighted by atomic mass is 10.1. The topological polar surface area (TPSA) is 62.2 Å². The second kappa shape index (κ2) is 9.09. The van der Waals surface area contributed by atoms with Crippen molar-refractivity contribution in [1.29, 1.82) is 0 Å². The Morgan fingerprint density at radius 1 is 0.857 bits per heavy atom. The third-order valence-corrected chi connectivity index (χ3v) is 8.37. The molecule has 2 aliphatic heterocycles. The van der Waals surface area contributed by atoms with Gasteiger partial charge >= 0.3 is 0 Å². The third-order valence-electron chi connectivity index (χ3n) is 6.47. The van der Waals surface area contributed by atoms with Gasteiger partial charge in [-0.25, -0.2) is 17.8 Å². The Labute approximate surface area is 205 Å². The van der Waals surface area contributed by atoms with Gasteiger partial charge in [-0.1, -0.05) is 23.8 Å². The zero-order chi connectivity index (χ0) is 24.7. The lowest BCUT2D eigenvalue weighted by Crippen LogP contribution is -2.37. The van der Waals surface area contributed by atoms with Gasteiger partial charge < -0.3 is 9.64 Å². The van der Waals surface area contributed by atoms with E-state index in [0.717, 1.165) is 40.0 Å². The standard InChI is InChI=1S/C27H28FN3O3S/c1-18-6-10-25-22(15-18)27(29-24-9-5-19(2)16-26(24)34-25)30-11-4-12-31(14-13-30)35(32,33)21-8-7-20(3)23(28)17-21/h5-10,15-17H,4,11-14H2,1-3H3. The first-order valence-corrected chi connectivity index (χ1v) is 13.2. The molecule has 2 aliphatic rings. The highest BCUT2D eigenvalue weighted by Gasteiger charge is 2.30. The zero-order valence-corrected chi connectivity index (χ0v) is 20.9. The summed E-state index contributed by atoms with van der Waals surface area (Å²) >= 11 is 0. The largest absolute Gasteiger partial charge is 0.454 e. The Kier molecular flexibility index (Phi) is 6.11. The highest BCUT2D eigenvalue weighted by Crippen LogP contribution is 2.39. The molecule has 182 valence electrons. The van der Waals surface area contributed by atoms with Crippen LogP contribution in [0, 0.1) is 26.6 Å². The minimum Gasteiger partial charge on any atom is -0.454 e. The van der Waals surface area contributed by atoms with E-state index < -0.39 is 15.8 Å². The van der Waals surface area contributed by atoms with Crippen LogP contribution in [-0.2, 0) is 10.0 Å². The van der Waals surface area contributed by atoms with Crippen molar-refractivity contribution < 1.29 is 17.5 Å². The molecule has 8 heteroatoms. The highest BCUT2D eigenvalue weighted by atomic mass is 32.2. The second-order valence-electron chi connectivity index (χ2n) is 9.16. The molecule has 1 saturated heterocycles. The van der Waals surface area contributed by atoms with E-state index >= 15 is 0 Å². The van der Waals surface area contributed by atoms with Crippen molar-refractivity contribution in [1.82, 2.24) is 9.21 Å². The van der Waals surface area contributed by atoms with Crippen LogP contribution in [0.5, 0.6) is 11.5 Å². The molecule has 0 aliphatic carbocycles. The van der Waals surface area contributed by atoms with E-state index in [-0.39, 0.29) is 11.4 Å². The number of amidine groups is 1. The molecular weight excluding hydrogens is 465 g/mol. The van der Waals surface area contributed by atoms with Gasteiger partial charge in [-0.2, -0.15) is 4.31 Å². The van der Waals surface area contributed by atoms with Crippen LogP contribution in [0.15, 0.2) is 64.5 Å². The summed E-state index contributed by atoms with van der Waals surface area (Å²) in [7, 11) is -3.80. The third kappa shape index (κ3) is 4.56. The van der Waals surface area contributed by atoms with E-state index in [0.29, 0.717) is 37.4 Å². The molecule has 0 amide bonds. The molecule has 5 rings (SSSR count). The van der Waals surface area contributed by atoms with Gasteiger partial charge in [0.15, 0.2) is 5.75 Å². The molecule has 0 bridgehead atoms. The van der Waals surface area contributed by atoms with Crippen molar-refractivity contribution in [2.45, 2.75) is 32.1 Å². The van der Waals surface area contributed by atoms with Gasteiger partial charge in [-0.3, -0.25) is 0 Å². The first-order chi connectivity index (χ1) is 16.7. The maximum Gasteiger partial charge on any atom is 0.243 e. The Bertz CT molecular complexity index is 1440. The summed E-state index contributed by atoms with van der Waals surface area (Å²) in [4.78, 5) is 7.11. The molecule has 35 heavy (non-hydrogen) atoms. The monoisotopic (exact) mass is 493 g/mol. The van der Waals surface area contributed by atoms with Gasteiger partial charge in [-0.05, 0) is 74.7 Å². The number of fused-ring (bicyclic) bond motifs is 2. The Hall–Kier alpha value is -3.23. The minimum absolute atomic E-state index is 0.0143. The van der Waals surface area contributed by atoms with Crippen molar-refractivity contribution in [2.75, 3.05) is 26.2 Å². The summed E-state index contributed by atoms with van der Waals surface area (Å²) < 4.78 is 48.3. The number of aryl methyl sites for hydroxylation is 3. The van der Waals surface area contributed by atoms with Crippen molar-refractivity contribution >= 4 is 21.5 Å². The van der Waals surface area contributed by atoms with Crippen LogP contribution in [0.4, 0.5) is 10.1 Å². The molecule has 6 nitrogen and oxygen atoms in total. The maximum atomic E-state index is 14.1. The van der Waals surface area contributed by atoms with Crippen LogP contribution in [0.3, 0.4) is 0 Å². The highest BCUT2D eigenvalue weighted by molar-refractivity contribution is 7.89. The van der Waals surface area contributed by atoms with Gasteiger partial charge in [0.1, 0.15) is 23.1 Å². The fourth-order valence-electron chi connectivity index (χ4n) is 4.47. The van der Waals surface area contributed by atoms with E-state index in [2.05, 4.69) is 11.0 Å². The van der Waals surface area contributed by atoms with Crippen LogP contribution in [0.1, 0.15) is 28.7 Å². The maximum absolute atomic E-state index is 14.1. The Morgan fingerprint density at radius 2 is 1.63 bits per heavy atom. The van der Waals surface area contributed by atoms with E-state index in [4.69, 9.17) is 9.73 Å². The number of hydrogen-bond donors (Lipinski definition) is 0. The van der Waals surface area contributed by atoms with Gasteiger partial charge in [0.05, 0.1) is 10.5 Å². The molecule has 0 radical (unpaired) electrons. The SMILES string of the molecule is Cc1ccc2c(c1)Oc1ccc(C)cc1C(N1CCCN(S(=O)(=O)c3ccc(C)c(F)c3)CC1)=N2. The number of hydrogen-bond acceptors (Lipinski definition) is 5. The van der Waals surface area contributed by atoms with E-state index in [1.165, 1.54) is 16.4 Å². The van der Waals surface area contributed by atoms with Crippen LogP contribution >= 0.6 is 0 Å². The van der Waals surface area contributed by atoms with Gasteiger partial charge in [0, 0.05) is 26.2 Å². The van der Waals surface area contributed by atoms with Gasteiger partial charge in [0.25, 0.3) is 0 Å². The number of aliphatic imine (C=N–C) groups is 1. The fourth-order valence-corrected chi connectivity index (χ4v) is 5.95. The Balaban J connectivity index is 1.48. The normalized spacial score (nSPS) is 16.5. The minimum atomic E-state index is -3.80. The molecule has 0 N–H and O–H groups in total. The van der Waals surface area contributed by atoms with Crippen molar-refractivity contribution in [3.8, 4) is 11.5 Å². The molecule has 3 aromatic carbocycles. The molecule has 0 atom stereocenters. The van der Waals surface area contributed by atoms with E-state index in [1.807, 2.05) is 44.2 Å². The molecule has 0 aromatic heterocycles. The van der Waals surface area contributed by atoms with Crippen molar-refractivity contribution in [3.63, 3.8) is 0 Å². The molecular formula is C27H28FN3O3S. The van der Waals surface area contributed by atoms with Crippen molar-refractivity contribution in [3.05, 3.63) is 82.7 Å². The number of ether oxygens (including phenoxy) is 1. The van der Waals surface area contributed by atoms with E-state index in [1.54, 1.807) is 6.92 Å². The zero-order valence-electron chi connectivity index (χ0n) is 20.1. The van der Waals surface area contributed by atoms with E-state index in [9.17, 15) is 12.8 Å². The average molecular weight is 494 g/mol. The predicted molar refractivity (Wildman–Crippen MR) is 135 cm³/mol. The smallest absolute Gasteiger partial charge is 0.243 e. The fraction of sp³-hybridized carbons (Fsp3) is 0.296. The molecule has 0 saturated carbocycles. The summed E-state index contributed by atoms with van der Waals surface area (Å²) in [5, 5.41) is 0. The number of halogens is 1. The van der Waals surface area contributed by atoms with Crippen LogP contribution in [-0.4, -0.2) is 49.6 Å². The molecule has 0 unspecified atom stereocenters. The van der Waals surface area contributed by atoms with Crippen molar-refractivity contribution in [2.24, 2.45) is 4.99 Å². The summed E-state index contributed by atoms with van der Waals surface area (Å²) in [5.41, 5.74) is 4.21. The first-order valence-electron chi connectivity index (χ1n) is 11.7. The number of rotatable bonds is 2. The molecule has 2 heterocycles. The quantitative estimate of drug-likeness (QED) is 0.484. The molecule has 0 spiro atoms. The van der Waals surface area contributed by atoms with Crippen LogP contribution < -0.4 is 4.74 Å². The average Bonchev–Trinajstić information content (AvgIpc) is 3.16. The number of sulfonamides is 1. The first kappa shape index (κ1) is 23.5. The summed E-state index contributed by atoms with van der Waals surface area (Å²) in [6.07, 6.45) is 0.620.